The molecular formula is C12H14N2O3S. The number of nitrogens with zero attached hydrogens (tertiary/aromatic N) is 1. The molecule has 0 aliphatic heterocycles. The van der Waals surface area contributed by atoms with Gasteiger partial charge in [0.2, 0.25) is 0 Å². The molecular weight excluding hydrogens is 252 g/mol. The molecule has 0 amide bonds. The van der Waals surface area contributed by atoms with Gasteiger partial charge in [0.15, 0.2) is 5.03 Å². The van der Waals surface area contributed by atoms with Crippen LogP contribution in [0, 0.1) is 10.1 Å². The third-order valence-electron chi connectivity index (χ3n) is 2.58. The Hall–Kier alpha value is -1.69. The molecule has 0 saturated heterocycles. The number of aromatic amines is 1. The van der Waals surface area contributed by atoms with E-state index in [1.807, 2.05) is 6.92 Å². The Morgan fingerprint density at radius 3 is 2.89 bits per heavy atom. The molecule has 0 atom stereocenters. The van der Waals surface area contributed by atoms with Crippen molar-refractivity contribution >= 4 is 28.4 Å². The van der Waals surface area contributed by atoms with Gasteiger partial charge in [0.25, 0.3) is 0 Å². The maximum atomic E-state index is 11.2. The molecule has 1 N–H and O–H groups in total. The van der Waals surface area contributed by atoms with Crippen molar-refractivity contribution in [1.29, 1.82) is 0 Å². The first-order valence-corrected chi connectivity index (χ1v) is 6.62. The number of fused-ring (bicyclic) bond motifs is 1. The lowest BCUT2D eigenvalue weighted by Gasteiger charge is -1.97. The Bertz CT molecular complexity index is 580. The SMILES string of the molecule is CCCSc1[nH]c2cc(OC)ccc2c1[N+](=O)[O-]. The average Bonchev–Trinajstić information content (AvgIpc) is 2.73. The molecule has 18 heavy (non-hydrogen) atoms. The van der Waals surface area contributed by atoms with Crippen LogP contribution in [0.3, 0.4) is 0 Å². The predicted octanol–water partition coefficient (Wildman–Crippen LogP) is 3.59. The normalized spacial score (nSPS) is 10.8. The molecule has 0 bridgehead atoms. The summed E-state index contributed by atoms with van der Waals surface area (Å²) in [6.07, 6.45) is 0.973. The fraction of sp³-hybridized carbons (Fsp3) is 0.333. The van der Waals surface area contributed by atoms with Gasteiger partial charge in [0.1, 0.15) is 5.75 Å². The largest absolute Gasteiger partial charge is 0.497 e. The summed E-state index contributed by atoms with van der Waals surface area (Å²) in [4.78, 5) is 13.9. The molecule has 6 heteroatoms. The summed E-state index contributed by atoms with van der Waals surface area (Å²) < 4.78 is 5.12. The van der Waals surface area contributed by atoms with Gasteiger partial charge in [-0.1, -0.05) is 6.92 Å². The van der Waals surface area contributed by atoms with Gasteiger partial charge in [-0.2, -0.15) is 0 Å². The van der Waals surface area contributed by atoms with Crippen LogP contribution in [0.4, 0.5) is 5.69 Å². The number of nitrogens with one attached hydrogen (secondary N) is 1. The first-order chi connectivity index (χ1) is 8.67. The van der Waals surface area contributed by atoms with Crippen LogP contribution in [0.1, 0.15) is 13.3 Å². The third-order valence-corrected chi connectivity index (χ3v) is 3.77. The molecule has 0 unspecified atom stereocenters. The Labute approximate surface area is 109 Å². The van der Waals surface area contributed by atoms with Crippen molar-refractivity contribution in [2.45, 2.75) is 18.4 Å². The highest BCUT2D eigenvalue weighted by Gasteiger charge is 2.22. The van der Waals surface area contributed by atoms with E-state index in [2.05, 4.69) is 4.98 Å². The summed E-state index contributed by atoms with van der Waals surface area (Å²) in [6, 6.07) is 5.23. The maximum absolute atomic E-state index is 11.2. The quantitative estimate of drug-likeness (QED) is 0.510. The van der Waals surface area contributed by atoms with E-state index in [0.29, 0.717) is 16.2 Å². The molecule has 1 aromatic carbocycles. The van der Waals surface area contributed by atoms with Crippen LogP contribution < -0.4 is 4.74 Å². The summed E-state index contributed by atoms with van der Waals surface area (Å²) in [5.41, 5.74) is 0.894. The second-order valence-electron chi connectivity index (χ2n) is 3.82. The minimum atomic E-state index is -0.330. The molecule has 5 nitrogen and oxygen atoms in total. The van der Waals surface area contributed by atoms with Gasteiger partial charge in [-0.15, -0.1) is 11.8 Å². The van der Waals surface area contributed by atoms with E-state index < -0.39 is 0 Å². The summed E-state index contributed by atoms with van der Waals surface area (Å²) in [7, 11) is 1.57. The number of H-pyrrole nitrogens is 1. The van der Waals surface area contributed by atoms with Crippen LogP contribution in [0.15, 0.2) is 23.2 Å². The van der Waals surface area contributed by atoms with E-state index in [9.17, 15) is 10.1 Å². The Kier molecular flexibility index (Phi) is 3.76. The molecule has 2 aromatic rings. The van der Waals surface area contributed by atoms with Crippen LogP contribution in [0.5, 0.6) is 5.75 Å². The van der Waals surface area contributed by atoms with E-state index >= 15 is 0 Å². The molecule has 0 fully saturated rings. The lowest BCUT2D eigenvalue weighted by Crippen LogP contribution is -1.89. The van der Waals surface area contributed by atoms with Crippen molar-refractivity contribution in [2.24, 2.45) is 0 Å². The minimum Gasteiger partial charge on any atom is -0.497 e. The maximum Gasteiger partial charge on any atom is 0.308 e. The minimum absolute atomic E-state index is 0.158. The van der Waals surface area contributed by atoms with Gasteiger partial charge in [-0.25, -0.2) is 0 Å². The van der Waals surface area contributed by atoms with Gasteiger partial charge in [0.05, 0.1) is 22.9 Å². The summed E-state index contributed by atoms with van der Waals surface area (Å²) in [5.74, 6) is 1.54. The topological polar surface area (TPSA) is 68.2 Å². The highest BCUT2D eigenvalue weighted by Crippen LogP contribution is 2.37. The number of benzene rings is 1. The van der Waals surface area contributed by atoms with Gasteiger partial charge in [-0.05, 0) is 24.3 Å². The molecule has 0 spiro atoms. The van der Waals surface area contributed by atoms with Crippen LogP contribution in [0.25, 0.3) is 10.9 Å². The van der Waals surface area contributed by atoms with Crippen molar-refractivity contribution in [3.63, 3.8) is 0 Å². The van der Waals surface area contributed by atoms with Crippen molar-refractivity contribution in [3.05, 3.63) is 28.3 Å². The van der Waals surface area contributed by atoms with Crippen molar-refractivity contribution < 1.29 is 9.66 Å². The average molecular weight is 266 g/mol. The third kappa shape index (κ3) is 2.28. The number of aromatic nitrogens is 1. The standard InChI is InChI=1S/C12H14N2O3S/c1-3-6-18-12-11(14(15)16)9-5-4-8(17-2)7-10(9)13-12/h4-5,7,13H,3,6H2,1-2H3. The fourth-order valence-corrected chi connectivity index (χ4v) is 2.67. The zero-order valence-electron chi connectivity index (χ0n) is 10.2. The summed E-state index contributed by atoms with van der Waals surface area (Å²) in [6.45, 7) is 2.05. The molecule has 0 aliphatic rings. The second-order valence-corrected chi connectivity index (χ2v) is 4.92. The molecule has 1 aromatic heterocycles. The number of nitro groups is 1. The number of methoxy groups -OCH3 is 1. The zero-order chi connectivity index (χ0) is 13.1. The Balaban J connectivity index is 2.55. The highest BCUT2D eigenvalue weighted by molar-refractivity contribution is 7.99. The lowest BCUT2D eigenvalue weighted by atomic mass is 10.2. The first kappa shape index (κ1) is 12.8. The molecule has 0 radical (unpaired) electrons. The number of hydrogen-bond acceptors (Lipinski definition) is 4. The number of rotatable bonds is 5. The Morgan fingerprint density at radius 2 is 2.28 bits per heavy atom. The molecule has 0 saturated carbocycles. The molecule has 2 rings (SSSR count). The van der Waals surface area contributed by atoms with Crippen LogP contribution in [-0.2, 0) is 0 Å². The highest BCUT2D eigenvalue weighted by atomic mass is 32.2. The van der Waals surface area contributed by atoms with E-state index in [4.69, 9.17) is 4.74 Å². The van der Waals surface area contributed by atoms with Crippen molar-refractivity contribution in [3.8, 4) is 5.75 Å². The zero-order valence-corrected chi connectivity index (χ0v) is 11.0. The summed E-state index contributed by atoms with van der Waals surface area (Å²) in [5, 5.41) is 12.4. The summed E-state index contributed by atoms with van der Waals surface area (Å²) >= 11 is 1.48. The van der Waals surface area contributed by atoms with Gasteiger partial charge >= 0.3 is 5.69 Å². The van der Waals surface area contributed by atoms with Crippen LogP contribution >= 0.6 is 11.8 Å². The second kappa shape index (κ2) is 5.30. The first-order valence-electron chi connectivity index (χ1n) is 5.64. The fourth-order valence-electron chi connectivity index (χ4n) is 1.75. The molecule has 96 valence electrons. The van der Waals surface area contributed by atoms with E-state index in [1.54, 1.807) is 25.3 Å². The Morgan fingerprint density at radius 1 is 1.50 bits per heavy atom. The molecule has 1 heterocycles. The van der Waals surface area contributed by atoms with E-state index in [-0.39, 0.29) is 10.6 Å². The van der Waals surface area contributed by atoms with Crippen molar-refractivity contribution in [1.82, 2.24) is 4.98 Å². The lowest BCUT2D eigenvalue weighted by molar-refractivity contribution is -0.386. The van der Waals surface area contributed by atoms with Crippen molar-refractivity contribution in [2.75, 3.05) is 12.9 Å². The van der Waals surface area contributed by atoms with E-state index in [1.165, 1.54) is 11.8 Å². The van der Waals surface area contributed by atoms with Gasteiger partial charge in [-0.3, -0.25) is 10.1 Å². The number of ether oxygens (including phenoxy) is 1. The predicted molar refractivity (Wildman–Crippen MR) is 72.5 cm³/mol. The van der Waals surface area contributed by atoms with E-state index in [0.717, 1.165) is 17.7 Å². The number of thioether (sulfide) groups is 1. The van der Waals surface area contributed by atoms with Gasteiger partial charge in [0, 0.05) is 6.07 Å². The van der Waals surface area contributed by atoms with Gasteiger partial charge < -0.3 is 9.72 Å². The monoisotopic (exact) mass is 266 g/mol. The van der Waals surface area contributed by atoms with Crippen LogP contribution in [0.2, 0.25) is 0 Å². The smallest absolute Gasteiger partial charge is 0.308 e. The molecule has 0 aliphatic carbocycles. The van der Waals surface area contributed by atoms with Crippen LogP contribution in [-0.4, -0.2) is 22.8 Å². The number of hydrogen-bond donors (Lipinski definition) is 1.